The number of aliphatic hydroxyl groups is 1. The van der Waals surface area contributed by atoms with Gasteiger partial charge in [-0.05, 0) is 110 Å². The molecule has 15 nitrogen and oxygen atoms in total. The molecule has 5 N–H and O–H groups in total. The van der Waals surface area contributed by atoms with E-state index in [1.165, 1.54) is 24.3 Å². The van der Waals surface area contributed by atoms with Crippen LogP contribution in [0.1, 0.15) is 76.8 Å². The number of fused-ring (bicyclic) bond motifs is 6. The maximum absolute atomic E-state index is 12.2. The molecular formula is C44H51N2O13S4+. The standard InChI is InChI=1S/C44H50N2O13S4/c1-43(2)36-27-30(63(57,58)59)17-19-38(36)45(21-10-24-60(48,49)50)39(43)14-9-15-40-44(3,20-6-4-5-7-23-47)37-28-35-31-18-16-29(62(54,55)56)26-34(31)32-12-8-13-33(41(32)35)42(37)46(40)22-11-25-61(51,52)53/h8-9,12-19,26-28,47H,4-7,10-11,20-25H2,1-3H3,(H3-,48,49,50,51,52,53,54,55,56,57,58,59)/p+1. The molecule has 2 heterocycles. The highest BCUT2D eigenvalue weighted by atomic mass is 32.2. The summed E-state index contributed by atoms with van der Waals surface area (Å²) in [4.78, 5) is 1.52. The molecule has 63 heavy (non-hydrogen) atoms. The van der Waals surface area contributed by atoms with Crippen molar-refractivity contribution in [2.75, 3.05) is 36.1 Å². The normalized spacial score (nSPS) is 18.9. The van der Waals surface area contributed by atoms with E-state index in [0.717, 1.165) is 63.7 Å². The minimum absolute atomic E-state index is 0.0374. The van der Waals surface area contributed by atoms with E-state index >= 15 is 0 Å². The minimum atomic E-state index is -4.56. The molecule has 1 atom stereocenters. The van der Waals surface area contributed by atoms with E-state index in [4.69, 9.17) is 0 Å². The molecule has 0 aromatic heterocycles. The summed E-state index contributed by atoms with van der Waals surface area (Å²) >= 11 is 0. The Labute approximate surface area is 368 Å². The van der Waals surface area contributed by atoms with Gasteiger partial charge in [-0.25, -0.2) is 0 Å². The van der Waals surface area contributed by atoms with Crippen LogP contribution in [0.25, 0.3) is 33.0 Å². The maximum Gasteiger partial charge on any atom is 0.294 e. The number of aliphatic hydroxyl groups excluding tert-OH is 1. The molecule has 3 aliphatic rings. The molecule has 2 aliphatic heterocycles. The summed E-state index contributed by atoms with van der Waals surface area (Å²) < 4.78 is 137. The predicted octanol–water partition coefficient (Wildman–Crippen LogP) is 7.07. The monoisotopic (exact) mass is 943 g/mol. The van der Waals surface area contributed by atoms with Gasteiger partial charge >= 0.3 is 0 Å². The summed E-state index contributed by atoms with van der Waals surface area (Å²) in [5.41, 5.74) is 5.87. The van der Waals surface area contributed by atoms with E-state index in [0.29, 0.717) is 35.4 Å². The average molecular weight is 944 g/mol. The van der Waals surface area contributed by atoms with E-state index in [9.17, 15) is 57.0 Å². The largest absolute Gasteiger partial charge is 0.396 e. The van der Waals surface area contributed by atoms with Gasteiger partial charge in [0.15, 0.2) is 5.71 Å². The lowest BCUT2D eigenvalue weighted by atomic mass is 9.75. The maximum atomic E-state index is 12.2. The van der Waals surface area contributed by atoms with Gasteiger partial charge < -0.3 is 10.0 Å². The molecule has 338 valence electrons. The van der Waals surface area contributed by atoms with Crippen LogP contribution in [0.5, 0.6) is 0 Å². The van der Waals surface area contributed by atoms with Crippen LogP contribution in [0, 0.1) is 0 Å². The van der Waals surface area contributed by atoms with Gasteiger partial charge in [-0.1, -0.05) is 49.6 Å². The fourth-order valence-electron chi connectivity index (χ4n) is 9.63. The zero-order valence-electron chi connectivity index (χ0n) is 35.0. The minimum Gasteiger partial charge on any atom is -0.396 e. The number of rotatable bonds is 18. The predicted molar refractivity (Wildman–Crippen MR) is 241 cm³/mol. The zero-order chi connectivity index (χ0) is 45.9. The SMILES string of the molecule is CC1(C)C(C=CC=C2N(CCCS(=O)(=O)O)c3c(cc4c5c(cccc35)-c3cc(S(=O)(=O)O)ccc3-4)C2(C)CCCCCCO)=[N+](CCCS(=O)(=O)O)c2ccc(S(=O)(=O)O)cc21. The zero-order valence-corrected chi connectivity index (χ0v) is 38.3. The summed E-state index contributed by atoms with van der Waals surface area (Å²) in [6.07, 6.45) is 9.38. The van der Waals surface area contributed by atoms with Crippen molar-refractivity contribution in [3.63, 3.8) is 0 Å². The molecule has 0 fully saturated rings. The van der Waals surface area contributed by atoms with Crippen LogP contribution in [0.3, 0.4) is 0 Å². The van der Waals surface area contributed by atoms with Crippen molar-refractivity contribution in [3.05, 3.63) is 95.7 Å². The average Bonchev–Trinajstić information content (AvgIpc) is 3.70. The Hall–Kier alpha value is -4.31. The molecule has 4 aromatic carbocycles. The van der Waals surface area contributed by atoms with Gasteiger partial charge in [0.25, 0.3) is 40.5 Å². The molecule has 0 saturated heterocycles. The summed E-state index contributed by atoms with van der Waals surface area (Å²) in [6.45, 7) is 6.25. The number of allylic oxidation sites excluding steroid dienone is 4. The molecule has 1 unspecified atom stereocenters. The second-order valence-electron chi connectivity index (χ2n) is 17.1. The molecule has 7 rings (SSSR count). The third kappa shape index (κ3) is 9.17. The number of unbranched alkanes of at least 4 members (excludes halogenated alkanes) is 3. The van der Waals surface area contributed by atoms with Gasteiger partial charge in [-0.2, -0.15) is 38.2 Å². The molecular weight excluding hydrogens is 893 g/mol. The molecule has 0 saturated carbocycles. The van der Waals surface area contributed by atoms with E-state index in [-0.39, 0.29) is 42.3 Å². The van der Waals surface area contributed by atoms with Crippen LogP contribution in [-0.2, 0) is 51.3 Å². The van der Waals surface area contributed by atoms with Crippen LogP contribution in [0.4, 0.5) is 11.4 Å². The lowest BCUT2D eigenvalue weighted by Crippen LogP contribution is -2.30. The van der Waals surface area contributed by atoms with Crippen molar-refractivity contribution in [1.29, 1.82) is 0 Å². The van der Waals surface area contributed by atoms with Gasteiger partial charge in [-0.3, -0.25) is 18.2 Å². The van der Waals surface area contributed by atoms with Gasteiger partial charge in [0.1, 0.15) is 6.54 Å². The van der Waals surface area contributed by atoms with Gasteiger partial charge in [0, 0.05) is 53.8 Å². The van der Waals surface area contributed by atoms with Crippen molar-refractivity contribution in [2.45, 2.75) is 86.3 Å². The van der Waals surface area contributed by atoms with Crippen LogP contribution in [0.2, 0.25) is 0 Å². The van der Waals surface area contributed by atoms with Crippen molar-refractivity contribution in [2.24, 2.45) is 0 Å². The third-order valence-corrected chi connectivity index (χ3v) is 15.9. The van der Waals surface area contributed by atoms with Crippen molar-refractivity contribution >= 4 is 68.3 Å². The summed E-state index contributed by atoms with van der Waals surface area (Å²) in [7, 11) is -17.7. The van der Waals surface area contributed by atoms with Crippen molar-refractivity contribution < 1.29 is 61.6 Å². The first-order chi connectivity index (χ1) is 29.4. The highest BCUT2D eigenvalue weighted by molar-refractivity contribution is 7.86. The van der Waals surface area contributed by atoms with E-state index in [1.54, 1.807) is 12.1 Å². The van der Waals surface area contributed by atoms with E-state index in [2.05, 4.69) is 17.9 Å². The Balaban J connectivity index is 1.41. The molecule has 0 spiro atoms. The van der Waals surface area contributed by atoms with Crippen LogP contribution in [-0.4, -0.2) is 98.5 Å². The topological polar surface area (TPSA) is 244 Å². The Bertz CT molecular complexity index is 3080. The Morgan fingerprint density at radius 2 is 1.32 bits per heavy atom. The number of benzene rings is 4. The van der Waals surface area contributed by atoms with Gasteiger partial charge in [-0.15, -0.1) is 0 Å². The first-order valence-corrected chi connectivity index (χ1v) is 26.6. The number of anilines is 1. The van der Waals surface area contributed by atoms with Crippen LogP contribution in [0.15, 0.2) is 94.4 Å². The number of hydrogen-bond donors (Lipinski definition) is 5. The van der Waals surface area contributed by atoms with E-state index in [1.807, 2.05) is 54.9 Å². The summed E-state index contributed by atoms with van der Waals surface area (Å²) in [5, 5.41) is 11.2. The first kappa shape index (κ1) is 46.7. The second-order valence-corrected chi connectivity index (χ2v) is 23.1. The van der Waals surface area contributed by atoms with Gasteiger partial charge in [0.2, 0.25) is 5.69 Å². The second kappa shape index (κ2) is 16.9. The Kier molecular flexibility index (Phi) is 12.5. The van der Waals surface area contributed by atoms with Gasteiger partial charge in [0.05, 0.1) is 32.4 Å². The highest BCUT2D eigenvalue weighted by Crippen LogP contribution is 2.59. The van der Waals surface area contributed by atoms with Crippen LogP contribution >= 0.6 is 0 Å². The molecule has 19 heteroatoms. The molecule has 0 amide bonds. The number of hydrogen-bond acceptors (Lipinski definition) is 10. The molecule has 0 bridgehead atoms. The van der Waals surface area contributed by atoms with Crippen molar-refractivity contribution in [1.82, 2.24) is 0 Å². The lowest BCUT2D eigenvalue weighted by molar-refractivity contribution is -0.437. The quantitative estimate of drug-likeness (QED) is 0.0335. The Morgan fingerprint density at radius 1 is 0.667 bits per heavy atom. The fourth-order valence-corrected chi connectivity index (χ4v) is 11.6. The van der Waals surface area contributed by atoms with Crippen LogP contribution < -0.4 is 4.90 Å². The molecule has 4 aromatic rings. The summed E-state index contributed by atoms with van der Waals surface area (Å²) in [6, 6.07) is 16.5. The third-order valence-electron chi connectivity index (χ3n) is 12.5. The smallest absolute Gasteiger partial charge is 0.294 e. The fraction of sp³-hybridized carbons (Fsp3) is 0.386. The van der Waals surface area contributed by atoms with Crippen molar-refractivity contribution in [3.8, 4) is 22.3 Å². The summed E-state index contributed by atoms with van der Waals surface area (Å²) in [5.74, 6) is -1.01. The Morgan fingerprint density at radius 3 is 1.98 bits per heavy atom. The highest BCUT2D eigenvalue weighted by Gasteiger charge is 2.47. The lowest BCUT2D eigenvalue weighted by Gasteiger charge is -2.30. The van der Waals surface area contributed by atoms with E-state index < -0.39 is 62.8 Å². The molecule has 1 aliphatic carbocycles. The number of nitrogens with zero attached hydrogens (tertiary/aromatic N) is 2. The molecule has 0 radical (unpaired) electrons. The first-order valence-electron chi connectivity index (χ1n) is 20.5.